The Kier molecular flexibility index (Phi) is 4.18. The Balaban J connectivity index is 2.08. The first-order valence-electron chi connectivity index (χ1n) is 6.65. The average molecular weight is 248 g/mol. The molecule has 0 aromatic carbocycles. The van der Waals surface area contributed by atoms with Crippen LogP contribution < -0.4 is 0 Å². The molecule has 1 atom stereocenters. The zero-order valence-corrected chi connectivity index (χ0v) is 10.8. The summed E-state index contributed by atoms with van der Waals surface area (Å²) in [7, 11) is 0. The number of amides is 1. The van der Waals surface area contributed by atoms with E-state index < -0.39 is 0 Å². The van der Waals surface area contributed by atoms with Crippen molar-refractivity contribution < 1.29 is 9.90 Å². The molecule has 1 N–H and O–H groups in total. The monoisotopic (exact) mass is 248 g/mol. The van der Waals surface area contributed by atoms with Crippen molar-refractivity contribution in [2.45, 2.75) is 32.6 Å². The van der Waals surface area contributed by atoms with Crippen LogP contribution in [0.3, 0.4) is 0 Å². The van der Waals surface area contributed by atoms with E-state index in [0.717, 1.165) is 31.8 Å². The number of nitrogens with zero attached hydrogens (tertiary/aromatic N) is 2. The summed E-state index contributed by atoms with van der Waals surface area (Å²) in [6.45, 7) is 3.74. The molecule has 1 amide bonds. The van der Waals surface area contributed by atoms with E-state index in [0.29, 0.717) is 0 Å². The van der Waals surface area contributed by atoms with Gasteiger partial charge in [-0.1, -0.05) is 13.3 Å². The van der Waals surface area contributed by atoms with Crippen molar-refractivity contribution in [3.8, 4) is 5.75 Å². The first-order valence-corrected chi connectivity index (χ1v) is 6.65. The molecule has 1 unspecified atom stereocenters. The van der Waals surface area contributed by atoms with Crippen molar-refractivity contribution in [2.75, 3.05) is 13.1 Å². The van der Waals surface area contributed by atoms with Crippen LogP contribution in [0.25, 0.3) is 0 Å². The summed E-state index contributed by atoms with van der Waals surface area (Å²) in [5.41, 5.74) is 0.174. The zero-order valence-electron chi connectivity index (χ0n) is 10.8. The quantitative estimate of drug-likeness (QED) is 0.874. The predicted molar refractivity (Wildman–Crippen MR) is 69.4 cm³/mol. The first kappa shape index (κ1) is 12.9. The smallest absolute Gasteiger partial charge is 0.276 e. The predicted octanol–water partition coefficient (Wildman–Crippen LogP) is 2.44. The van der Waals surface area contributed by atoms with Gasteiger partial charge in [0.25, 0.3) is 5.91 Å². The van der Waals surface area contributed by atoms with Crippen LogP contribution in [0.15, 0.2) is 18.3 Å². The number of likely N-dealkylation sites (tertiary alicyclic amines) is 1. The fourth-order valence-corrected chi connectivity index (χ4v) is 2.49. The summed E-state index contributed by atoms with van der Waals surface area (Å²) < 4.78 is 0. The summed E-state index contributed by atoms with van der Waals surface area (Å²) in [5.74, 6) is 0.545. The Morgan fingerprint density at radius 2 is 2.33 bits per heavy atom. The van der Waals surface area contributed by atoms with E-state index in [2.05, 4.69) is 11.9 Å². The van der Waals surface area contributed by atoms with Gasteiger partial charge >= 0.3 is 0 Å². The second-order valence-electron chi connectivity index (χ2n) is 4.87. The first-order chi connectivity index (χ1) is 8.72. The van der Waals surface area contributed by atoms with Gasteiger partial charge in [0, 0.05) is 19.3 Å². The van der Waals surface area contributed by atoms with E-state index in [4.69, 9.17) is 0 Å². The van der Waals surface area contributed by atoms with Gasteiger partial charge in [-0.2, -0.15) is 0 Å². The minimum atomic E-state index is -0.148. The van der Waals surface area contributed by atoms with Gasteiger partial charge in [-0.15, -0.1) is 0 Å². The molecule has 4 heteroatoms. The van der Waals surface area contributed by atoms with Gasteiger partial charge in [-0.3, -0.25) is 4.79 Å². The summed E-state index contributed by atoms with van der Waals surface area (Å²) in [6, 6.07) is 3.13. The van der Waals surface area contributed by atoms with Gasteiger partial charge in [-0.25, -0.2) is 4.98 Å². The van der Waals surface area contributed by atoms with Crippen LogP contribution in [0, 0.1) is 5.92 Å². The highest BCUT2D eigenvalue weighted by molar-refractivity contribution is 5.94. The lowest BCUT2D eigenvalue weighted by atomic mass is 9.98. The topological polar surface area (TPSA) is 53.4 Å². The van der Waals surface area contributed by atoms with Gasteiger partial charge in [0.1, 0.15) is 5.75 Å². The molecule has 0 aliphatic carbocycles. The minimum Gasteiger partial charge on any atom is -0.505 e. The number of carbonyl (C=O) groups excluding carboxylic acids is 1. The summed E-state index contributed by atoms with van der Waals surface area (Å²) >= 11 is 0. The van der Waals surface area contributed by atoms with Gasteiger partial charge < -0.3 is 10.0 Å². The lowest BCUT2D eigenvalue weighted by molar-refractivity contribution is 0.0750. The Morgan fingerprint density at radius 3 is 3.06 bits per heavy atom. The van der Waals surface area contributed by atoms with Crippen molar-refractivity contribution in [3.05, 3.63) is 24.0 Å². The van der Waals surface area contributed by atoms with Crippen molar-refractivity contribution in [3.63, 3.8) is 0 Å². The largest absolute Gasteiger partial charge is 0.505 e. The molecule has 98 valence electrons. The molecule has 18 heavy (non-hydrogen) atoms. The van der Waals surface area contributed by atoms with Crippen LogP contribution in [-0.2, 0) is 0 Å². The second-order valence-corrected chi connectivity index (χ2v) is 4.87. The van der Waals surface area contributed by atoms with Crippen molar-refractivity contribution in [2.24, 2.45) is 5.92 Å². The molecule has 1 aromatic rings. The van der Waals surface area contributed by atoms with E-state index in [1.54, 1.807) is 12.3 Å². The van der Waals surface area contributed by atoms with E-state index >= 15 is 0 Å². The molecule has 0 bridgehead atoms. The van der Waals surface area contributed by atoms with Gasteiger partial charge in [-0.05, 0) is 37.3 Å². The van der Waals surface area contributed by atoms with Crippen LogP contribution in [0.4, 0.5) is 0 Å². The number of rotatable bonds is 2. The number of pyridine rings is 1. The Bertz CT molecular complexity index is 420. The van der Waals surface area contributed by atoms with Crippen LogP contribution in [0.5, 0.6) is 5.75 Å². The standard InChI is InChI=1S/C14H20N2O2/c1-2-11-5-4-9-16(10-7-11)14(18)13-12(17)6-3-8-15-13/h3,6,8,11,17H,2,4-5,7,9-10H2,1H3. The fraction of sp³-hybridized carbons (Fsp3) is 0.571. The molecule has 4 nitrogen and oxygen atoms in total. The van der Waals surface area contributed by atoms with E-state index in [1.165, 1.54) is 18.9 Å². The maximum atomic E-state index is 12.3. The number of aromatic hydroxyl groups is 1. The van der Waals surface area contributed by atoms with Crippen LogP contribution in [0.1, 0.15) is 43.1 Å². The maximum absolute atomic E-state index is 12.3. The zero-order chi connectivity index (χ0) is 13.0. The van der Waals surface area contributed by atoms with E-state index in [-0.39, 0.29) is 17.4 Å². The number of hydrogen-bond acceptors (Lipinski definition) is 3. The van der Waals surface area contributed by atoms with Crippen molar-refractivity contribution in [1.82, 2.24) is 9.88 Å². The third-order valence-electron chi connectivity index (χ3n) is 3.70. The Labute approximate surface area is 108 Å². The molecule has 1 aliphatic rings. The summed E-state index contributed by atoms with van der Waals surface area (Å²) in [4.78, 5) is 18.1. The summed E-state index contributed by atoms with van der Waals surface area (Å²) in [6.07, 6.45) is 6.00. The van der Waals surface area contributed by atoms with Crippen molar-refractivity contribution >= 4 is 5.91 Å². The van der Waals surface area contributed by atoms with Crippen LogP contribution in [0.2, 0.25) is 0 Å². The molecule has 0 spiro atoms. The molecule has 2 rings (SSSR count). The van der Waals surface area contributed by atoms with Gasteiger partial charge in [0.15, 0.2) is 5.69 Å². The highest BCUT2D eigenvalue weighted by Gasteiger charge is 2.23. The molecule has 1 aromatic heterocycles. The second kappa shape index (κ2) is 5.85. The van der Waals surface area contributed by atoms with E-state index in [1.807, 2.05) is 4.90 Å². The fourth-order valence-electron chi connectivity index (χ4n) is 2.49. The van der Waals surface area contributed by atoms with Crippen LogP contribution in [-0.4, -0.2) is 34.0 Å². The third-order valence-corrected chi connectivity index (χ3v) is 3.70. The normalized spacial score (nSPS) is 20.5. The molecular formula is C14H20N2O2. The molecule has 1 saturated heterocycles. The molecular weight excluding hydrogens is 228 g/mol. The van der Waals surface area contributed by atoms with Crippen LogP contribution >= 0.6 is 0 Å². The Morgan fingerprint density at radius 1 is 1.50 bits per heavy atom. The van der Waals surface area contributed by atoms with Crippen molar-refractivity contribution in [1.29, 1.82) is 0 Å². The van der Waals surface area contributed by atoms with Gasteiger partial charge in [0.2, 0.25) is 0 Å². The van der Waals surface area contributed by atoms with Gasteiger partial charge in [0.05, 0.1) is 0 Å². The molecule has 0 saturated carbocycles. The number of aromatic nitrogens is 1. The lowest BCUT2D eigenvalue weighted by Crippen LogP contribution is -2.32. The maximum Gasteiger partial charge on any atom is 0.276 e. The van der Waals surface area contributed by atoms with E-state index in [9.17, 15) is 9.90 Å². The molecule has 1 aliphatic heterocycles. The highest BCUT2D eigenvalue weighted by atomic mass is 16.3. The lowest BCUT2D eigenvalue weighted by Gasteiger charge is -2.20. The number of hydrogen-bond donors (Lipinski definition) is 1. The Hall–Kier alpha value is -1.58. The molecule has 2 heterocycles. The minimum absolute atomic E-state index is 0.0289. The number of carbonyl (C=O) groups is 1. The SMILES string of the molecule is CCC1CCCN(C(=O)c2ncccc2O)CC1. The summed E-state index contributed by atoms with van der Waals surface area (Å²) in [5, 5.41) is 9.67. The highest BCUT2D eigenvalue weighted by Crippen LogP contribution is 2.22. The average Bonchev–Trinajstić information content (AvgIpc) is 2.63. The third kappa shape index (κ3) is 2.81. The molecule has 1 fully saturated rings. The molecule has 0 radical (unpaired) electrons.